The highest BCUT2D eigenvalue weighted by atomic mass is 16.5. The number of pyridine rings is 1. The van der Waals surface area contributed by atoms with Gasteiger partial charge in [0.05, 0.1) is 5.56 Å². The average molecular weight is 194 g/mol. The van der Waals surface area contributed by atoms with Gasteiger partial charge in [0.15, 0.2) is 5.78 Å². The van der Waals surface area contributed by atoms with Crippen molar-refractivity contribution in [2.75, 3.05) is 18.9 Å². The van der Waals surface area contributed by atoms with Gasteiger partial charge < -0.3 is 10.5 Å². The summed E-state index contributed by atoms with van der Waals surface area (Å²) in [5.74, 6) is -0.121. The minimum absolute atomic E-state index is 0.0731. The number of ketones is 1. The summed E-state index contributed by atoms with van der Waals surface area (Å²) in [6.45, 7) is 2.65. The average Bonchev–Trinajstić information content (AvgIpc) is 2.18. The summed E-state index contributed by atoms with van der Waals surface area (Å²) < 4.78 is 5.12. The number of carbonyl (C=O) groups excluding carboxylic acids is 1. The predicted octanol–water partition coefficient (Wildman–Crippen LogP) is 1.27. The first-order valence-corrected chi connectivity index (χ1v) is 4.56. The monoisotopic (exact) mass is 194 g/mol. The fourth-order valence-electron chi connectivity index (χ4n) is 1.03. The third-order valence-electron chi connectivity index (χ3n) is 1.74. The first-order valence-electron chi connectivity index (χ1n) is 4.56. The van der Waals surface area contributed by atoms with Crippen LogP contribution in [0.3, 0.4) is 0 Å². The minimum Gasteiger partial charge on any atom is -0.398 e. The lowest BCUT2D eigenvalue weighted by Crippen LogP contribution is -2.12. The molecule has 0 bridgehead atoms. The van der Waals surface area contributed by atoms with Gasteiger partial charge in [0, 0.05) is 24.7 Å². The van der Waals surface area contributed by atoms with E-state index in [1.807, 2.05) is 6.92 Å². The molecule has 0 aliphatic heterocycles. The van der Waals surface area contributed by atoms with Crippen LogP contribution in [-0.2, 0) is 4.74 Å². The first-order chi connectivity index (χ1) is 6.75. The van der Waals surface area contributed by atoms with Crippen LogP contribution in [0.4, 0.5) is 5.69 Å². The third kappa shape index (κ3) is 2.81. The van der Waals surface area contributed by atoms with Gasteiger partial charge in [-0.1, -0.05) is 6.92 Å². The first kappa shape index (κ1) is 10.7. The van der Waals surface area contributed by atoms with E-state index in [-0.39, 0.29) is 12.4 Å². The smallest absolute Gasteiger partial charge is 0.192 e. The molecule has 0 saturated carbocycles. The van der Waals surface area contributed by atoms with E-state index < -0.39 is 0 Å². The Morgan fingerprint density at radius 2 is 2.43 bits per heavy atom. The van der Waals surface area contributed by atoms with Gasteiger partial charge in [-0.15, -0.1) is 0 Å². The highest BCUT2D eigenvalue weighted by Crippen LogP contribution is 2.09. The lowest BCUT2D eigenvalue weighted by molar-refractivity contribution is 0.0762. The van der Waals surface area contributed by atoms with Crippen LogP contribution in [0.25, 0.3) is 0 Å². The summed E-state index contributed by atoms with van der Waals surface area (Å²) in [6, 6.07) is 1.60. The molecule has 1 rings (SSSR count). The lowest BCUT2D eigenvalue weighted by atomic mass is 10.1. The van der Waals surface area contributed by atoms with Crippen molar-refractivity contribution in [3.05, 3.63) is 24.0 Å². The fraction of sp³-hybridized carbons (Fsp3) is 0.400. The van der Waals surface area contributed by atoms with Crippen molar-refractivity contribution >= 4 is 11.5 Å². The summed E-state index contributed by atoms with van der Waals surface area (Å²) in [7, 11) is 0. The van der Waals surface area contributed by atoms with Crippen molar-refractivity contribution < 1.29 is 9.53 Å². The summed E-state index contributed by atoms with van der Waals surface area (Å²) in [4.78, 5) is 15.3. The number of nitrogens with zero attached hydrogens (tertiary/aromatic N) is 1. The van der Waals surface area contributed by atoms with Crippen molar-refractivity contribution in [2.45, 2.75) is 13.3 Å². The Hall–Kier alpha value is -1.42. The molecule has 0 aliphatic carbocycles. The molecule has 14 heavy (non-hydrogen) atoms. The highest BCUT2D eigenvalue weighted by Gasteiger charge is 2.08. The molecule has 0 radical (unpaired) electrons. The molecule has 0 aliphatic rings. The molecule has 1 aromatic rings. The third-order valence-corrected chi connectivity index (χ3v) is 1.74. The molecule has 0 unspecified atom stereocenters. The molecule has 2 N–H and O–H groups in total. The van der Waals surface area contributed by atoms with E-state index in [0.717, 1.165) is 6.42 Å². The molecule has 1 aromatic heterocycles. The van der Waals surface area contributed by atoms with Gasteiger partial charge >= 0.3 is 0 Å². The van der Waals surface area contributed by atoms with Gasteiger partial charge in [0.1, 0.15) is 6.61 Å². The molecule has 0 aromatic carbocycles. The van der Waals surface area contributed by atoms with E-state index in [4.69, 9.17) is 10.5 Å². The molecule has 0 atom stereocenters. The molecule has 1 heterocycles. The number of nitrogens with two attached hydrogens (primary N) is 1. The normalized spacial score (nSPS) is 10.1. The number of carbonyl (C=O) groups is 1. The molecule has 0 fully saturated rings. The second-order valence-corrected chi connectivity index (χ2v) is 2.94. The fourth-order valence-corrected chi connectivity index (χ4v) is 1.03. The van der Waals surface area contributed by atoms with Crippen LogP contribution < -0.4 is 5.73 Å². The largest absolute Gasteiger partial charge is 0.398 e. The maximum absolute atomic E-state index is 11.5. The SMILES string of the molecule is CCCOCC(=O)c1cnccc1N. The standard InChI is InChI=1S/C10H14N2O2/c1-2-5-14-7-10(13)8-6-12-4-3-9(8)11/h3-4,6H,2,5,7H2,1H3,(H2,11,12). The van der Waals surface area contributed by atoms with E-state index in [0.29, 0.717) is 17.9 Å². The maximum Gasteiger partial charge on any atom is 0.192 e. The van der Waals surface area contributed by atoms with Gasteiger partial charge in [-0.05, 0) is 12.5 Å². The lowest BCUT2D eigenvalue weighted by Gasteiger charge is -2.03. The van der Waals surface area contributed by atoms with Crippen molar-refractivity contribution in [1.29, 1.82) is 0 Å². The van der Waals surface area contributed by atoms with Crippen molar-refractivity contribution in [3.8, 4) is 0 Å². The molecular weight excluding hydrogens is 180 g/mol. The van der Waals surface area contributed by atoms with E-state index >= 15 is 0 Å². The number of nitrogen functional groups attached to an aromatic ring is 1. The van der Waals surface area contributed by atoms with Crippen LogP contribution in [0.1, 0.15) is 23.7 Å². The molecule has 76 valence electrons. The van der Waals surface area contributed by atoms with Crippen LogP contribution in [0, 0.1) is 0 Å². The van der Waals surface area contributed by atoms with E-state index in [2.05, 4.69) is 4.98 Å². The number of hydrogen-bond donors (Lipinski definition) is 1. The van der Waals surface area contributed by atoms with Crippen LogP contribution in [0.2, 0.25) is 0 Å². The van der Waals surface area contributed by atoms with Crippen molar-refractivity contribution in [2.24, 2.45) is 0 Å². The van der Waals surface area contributed by atoms with Crippen LogP contribution in [0.15, 0.2) is 18.5 Å². The predicted molar refractivity (Wildman–Crippen MR) is 54.1 cm³/mol. The van der Waals surface area contributed by atoms with Gasteiger partial charge in [-0.25, -0.2) is 0 Å². The van der Waals surface area contributed by atoms with Crippen LogP contribution in [-0.4, -0.2) is 24.0 Å². The molecular formula is C10H14N2O2. The highest BCUT2D eigenvalue weighted by molar-refractivity contribution is 6.01. The number of rotatable bonds is 5. The Morgan fingerprint density at radius 1 is 1.64 bits per heavy atom. The van der Waals surface area contributed by atoms with E-state index in [1.165, 1.54) is 6.20 Å². The summed E-state index contributed by atoms with van der Waals surface area (Å²) in [5.41, 5.74) is 6.49. The number of aromatic nitrogens is 1. The summed E-state index contributed by atoms with van der Waals surface area (Å²) in [5, 5.41) is 0. The number of ether oxygens (including phenoxy) is 1. The van der Waals surface area contributed by atoms with E-state index in [9.17, 15) is 4.79 Å². The van der Waals surface area contributed by atoms with Gasteiger partial charge in [0.2, 0.25) is 0 Å². The maximum atomic E-state index is 11.5. The Balaban J connectivity index is 2.56. The Labute approximate surface area is 83.1 Å². The van der Waals surface area contributed by atoms with Gasteiger partial charge in [-0.3, -0.25) is 9.78 Å². The quantitative estimate of drug-likeness (QED) is 0.566. The van der Waals surface area contributed by atoms with E-state index in [1.54, 1.807) is 12.3 Å². The van der Waals surface area contributed by atoms with Crippen LogP contribution in [0.5, 0.6) is 0 Å². The molecule has 0 amide bonds. The topological polar surface area (TPSA) is 65.2 Å². The molecule has 0 spiro atoms. The van der Waals surface area contributed by atoms with Crippen LogP contribution >= 0.6 is 0 Å². The molecule has 4 heteroatoms. The number of hydrogen-bond acceptors (Lipinski definition) is 4. The molecule has 4 nitrogen and oxygen atoms in total. The number of Topliss-reactive ketones (excluding diaryl/α,β-unsaturated/α-hetero) is 1. The van der Waals surface area contributed by atoms with Crippen molar-refractivity contribution in [3.63, 3.8) is 0 Å². The Bertz CT molecular complexity index is 313. The molecule has 0 saturated heterocycles. The zero-order chi connectivity index (χ0) is 10.4. The Kier molecular flexibility index (Phi) is 4.07. The zero-order valence-corrected chi connectivity index (χ0v) is 8.19. The minimum atomic E-state index is -0.121. The number of anilines is 1. The zero-order valence-electron chi connectivity index (χ0n) is 8.19. The summed E-state index contributed by atoms with van der Waals surface area (Å²) in [6.07, 6.45) is 3.92. The van der Waals surface area contributed by atoms with Gasteiger partial charge in [0.25, 0.3) is 0 Å². The van der Waals surface area contributed by atoms with Crippen molar-refractivity contribution in [1.82, 2.24) is 4.98 Å². The summed E-state index contributed by atoms with van der Waals surface area (Å²) >= 11 is 0. The second-order valence-electron chi connectivity index (χ2n) is 2.94. The Morgan fingerprint density at radius 3 is 3.07 bits per heavy atom. The van der Waals surface area contributed by atoms with Gasteiger partial charge in [-0.2, -0.15) is 0 Å². The second kappa shape index (κ2) is 5.34.